The summed E-state index contributed by atoms with van der Waals surface area (Å²) in [6.07, 6.45) is 4.10. The number of Topliss-reactive ketones (excluding diaryl/α,β-unsaturated/α-hetero) is 1. The van der Waals surface area contributed by atoms with Crippen molar-refractivity contribution in [1.29, 1.82) is 0 Å². The van der Waals surface area contributed by atoms with Crippen molar-refractivity contribution >= 4 is 23.1 Å². The molecule has 3 unspecified atom stereocenters. The Balaban J connectivity index is 1.55. The van der Waals surface area contributed by atoms with Gasteiger partial charge in [0.25, 0.3) is 5.91 Å². The molecule has 3 aromatic carbocycles. The first-order valence-corrected chi connectivity index (χ1v) is 11.8. The second-order valence-electron chi connectivity index (χ2n) is 8.93. The lowest BCUT2D eigenvalue weighted by atomic mass is 9.77. The maximum atomic E-state index is 14.0. The van der Waals surface area contributed by atoms with Crippen LogP contribution in [0.15, 0.2) is 120 Å². The molecule has 1 aliphatic heterocycles. The predicted octanol–water partition coefficient (Wildman–Crippen LogP) is 6.35. The first-order valence-electron chi connectivity index (χ1n) is 11.8. The average Bonchev–Trinajstić information content (AvgIpc) is 3.39. The minimum Gasteiger partial charge on any atom is -0.467 e. The second-order valence-corrected chi connectivity index (χ2v) is 8.93. The van der Waals surface area contributed by atoms with Crippen LogP contribution in [-0.4, -0.2) is 11.7 Å². The Kier molecular flexibility index (Phi) is 5.30. The quantitative estimate of drug-likeness (QED) is 0.387. The molecule has 3 atom stereocenters. The smallest absolute Gasteiger partial charge is 0.259 e. The number of nitrogens with one attached hydrogen (secondary N) is 1. The van der Waals surface area contributed by atoms with Crippen molar-refractivity contribution in [3.63, 3.8) is 0 Å². The van der Waals surface area contributed by atoms with Crippen LogP contribution in [-0.2, 0) is 4.79 Å². The topological polar surface area (TPSA) is 62.6 Å². The summed E-state index contributed by atoms with van der Waals surface area (Å²) in [4.78, 5) is 29.6. The van der Waals surface area contributed by atoms with Crippen LogP contribution in [0.1, 0.15) is 40.1 Å². The van der Waals surface area contributed by atoms with Crippen molar-refractivity contribution in [1.82, 2.24) is 0 Å². The minimum absolute atomic E-state index is 0.0387. The number of carbonyl (C=O) groups excluding carboxylic acids is 2. The van der Waals surface area contributed by atoms with E-state index >= 15 is 0 Å². The fraction of sp³-hybridized carbons (Fsp3) is 0.133. The van der Waals surface area contributed by atoms with Gasteiger partial charge in [-0.05, 0) is 42.0 Å². The highest BCUT2D eigenvalue weighted by molar-refractivity contribution is 6.09. The lowest BCUT2D eigenvalue weighted by molar-refractivity contribution is -0.123. The molecule has 1 N–H and O–H groups in total. The van der Waals surface area contributed by atoms with Gasteiger partial charge in [-0.15, -0.1) is 0 Å². The molecule has 0 fully saturated rings. The van der Waals surface area contributed by atoms with Crippen molar-refractivity contribution < 1.29 is 14.0 Å². The number of furan rings is 1. The number of hydrogen-bond donors (Lipinski definition) is 1. The van der Waals surface area contributed by atoms with Gasteiger partial charge in [-0.3, -0.25) is 14.5 Å². The van der Waals surface area contributed by atoms with Crippen LogP contribution in [0.3, 0.4) is 0 Å². The highest BCUT2D eigenvalue weighted by Gasteiger charge is 2.46. The van der Waals surface area contributed by atoms with Crippen LogP contribution in [0.25, 0.3) is 0 Å². The molecule has 5 heteroatoms. The number of fused-ring (bicyclic) bond motifs is 2. The van der Waals surface area contributed by atoms with Crippen LogP contribution in [0.5, 0.6) is 0 Å². The van der Waals surface area contributed by atoms with Crippen LogP contribution in [0.2, 0.25) is 0 Å². The van der Waals surface area contributed by atoms with E-state index < -0.39 is 12.0 Å². The Morgan fingerprint density at radius 3 is 2.31 bits per heavy atom. The number of allylic oxidation sites excluding steroid dienone is 1. The fourth-order valence-corrected chi connectivity index (χ4v) is 5.23. The Bertz CT molecular complexity index is 1390. The largest absolute Gasteiger partial charge is 0.467 e. The second kappa shape index (κ2) is 8.76. The molecule has 35 heavy (non-hydrogen) atoms. The molecule has 6 rings (SSSR count). The molecule has 172 valence electrons. The van der Waals surface area contributed by atoms with Crippen molar-refractivity contribution in [2.75, 3.05) is 10.2 Å². The van der Waals surface area contributed by atoms with E-state index in [1.54, 1.807) is 29.4 Å². The summed E-state index contributed by atoms with van der Waals surface area (Å²) in [5, 5.41) is 3.52. The standard InChI is InChI=1S/C30H24N2O3/c33-26-19-22(20-10-3-1-4-11-20)18-24-28(26)29(27-16-9-17-35-27)32(25-15-8-7-14-23(25)31-24)30(34)21-12-5-2-6-13-21/h1-18,22,28-29,31H,19H2. The zero-order chi connectivity index (χ0) is 23.8. The van der Waals surface area contributed by atoms with Crippen LogP contribution in [0.4, 0.5) is 11.4 Å². The molecule has 2 heterocycles. The Morgan fingerprint density at radius 2 is 1.57 bits per heavy atom. The number of amides is 1. The van der Waals surface area contributed by atoms with E-state index in [9.17, 15) is 9.59 Å². The van der Waals surface area contributed by atoms with E-state index in [-0.39, 0.29) is 17.6 Å². The fourth-order valence-electron chi connectivity index (χ4n) is 5.23. The third-order valence-electron chi connectivity index (χ3n) is 6.82. The van der Waals surface area contributed by atoms with E-state index in [1.165, 1.54) is 0 Å². The van der Waals surface area contributed by atoms with E-state index in [2.05, 4.69) is 23.5 Å². The van der Waals surface area contributed by atoms with Crippen LogP contribution >= 0.6 is 0 Å². The summed E-state index contributed by atoms with van der Waals surface area (Å²) in [5.41, 5.74) is 3.94. The van der Waals surface area contributed by atoms with Gasteiger partial charge in [0.15, 0.2) is 0 Å². The Hall–Kier alpha value is -4.38. The normalized spacial score (nSPS) is 21.3. The summed E-state index contributed by atoms with van der Waals surface area (Å²) >= 11 is 0. The number of hydrogen-bond acceptors (Lipinski definition) is 4. The number of rotatable bonds is 3. The molecule has 0 spiro atoms. The van der Waals surface area contributed by atoms with Crippen molar-refractivity contribution in [3.05, 3.63) is 132 Å². The third kappa shape index (κ3) is 3.75. The molecule has 0 saturated carbocycles. The number of nitrogens with zero attached hydrogens (tertiary/aromatic N) is 1. The van der Waals surface area contributed by atoms with E-state index in [1.807, 2.05) is 66.7 Å². The van der Waals surface area contributed by atoms with Crippen LogP contribution < -0.4 is 10.2 Å². The zero-order valence-electron chi connectivity index (χ0n) is 19.0. The maximum absolute atomic E-state index is 14.0. The first kappa shape index (κ1) is 21.2. The highest BCUT2D eigenvalue weighted by Crippen LogP contribution is 2.48. The predicted molar refractivity (Wildman–Crippen MR) is 135 cm³/mol. The van der Waals surface area contributed by atoms with E-state index in [0.29, 0.717) is 23.4 Å². The summed E-state index contributed by atoms with van der Waals surface area (Å²) in [6.45, 7) is 0. The molecule has 4 aromatic rings. The van der Waals surface area contributed by atoms with Gasteiger partial charge < -0.3 is 9.73 Å². The molecular weight excluding hydrogens is 436 g/mol. The summed E-state index contributed by atoms with van der Waals surface area (Å²) < 4.78 is 5.87. The first-order chi connectivity index (χ1) is 17.2. The molecule has 0 bridgehead atoms. The molecule has 1 aromatic heterocycles. The highest BCUT2D eigenvalue weighted by atomic mass is 16.3. The van der Waals surface area contributed by atoms with Gasteiger partial charge in [0, 0.05) is 23.6 Å². The molecular formula is C30H24N2O3. The van der Waals surface area contributed by atoms with Gasteiger partial charge in [-0.25, -0.2) is 0 Å². The number of benzene rings is 3. The molecule has 0 radical (unpaired) electrons. The average molecular weight is 461 g/mol. The number of ketones is 1. The lowest BCUT2D eigenvalue weighted by Gasteiger charge is -2.36. The summed E-state index contributed by atoms with van der Waals surface area (Å²) in [5.74, 6) is -0.149. The van der Waals surface area contributed by atoms with Gasteiger partial charge in [0.1, 0.15) is 17.6 Å². The lowest BCUT2D eigenvalue weighted by Crippen LogP contribution is -2.42. The molecule has 0 saturated heterocycles. The summed E-state index contributed by atoms with van der Waals surface area (Å²) in [7, 11) is 0. The van der Waals surface area contributed by atoms with Crippen molar-refractivity contribution in [3.8, 4) is 0 Å². The molecule has 5 nitrogen and oxygen atoms in total. The van der Waals surface area contributed by atoms with Gasteiger partial charge in [0.05, 0.1) is 23.6 Å². The minimum atomic E-state index is -0.621. The number of anilines is 2. The number of para-hydroxylation sites is 2. The molecule has 2 aliphatic rings. The Labute approximate surface area is 203 Å². The number of carbonyl (C=O) groups is 2. The van der Waals surface area contributed by atoms with Gasteiger partial charge in [-0.2, -0.15) is 0 Å². The van der Waals surface area contributed by atoms with Gasteiger partial charge in [0.2, 0.25) is 0 Å². The molecule has 1 aliphatic carbocycles. The van der Waals surface area contributed by atoms with E-state index in [4.69, 9.17) is 4.42 Å². The van der Waals surface area contributed by atoms with Crippen molar-refractivity contribution in [2.24, 2.45) is 5.92 Å². The van der Waals surface area contributed by atoms with E-state index in [0.717, 1.165) is 16.9 Å². The zero-order valence-corrected chi connectivity index (χ0v) is 19.0. The van der Waals surface area contributed by atoms with Gasteiger partial charge >= 0.3 is 0 Å². The Morgan fingerprint density at radius 1 is 0.857 bits per heavy atom. The molecule has 1 amide bonds. The monoisotopic (exact) mass is 460 g/mol. The summed E-state index contributed by atoms with van der Waals surface area (Å²) in [6, 6.07) is 30.0. The van der Waals surface area contributed by atoms with Crippen molar-refractivity contribution in [2.45, 2.75) is 18.4 Å². The van der Waals surface area contributed by atoms with Crippen LogP contribution in [0, 0.1) is 5.92 Å². The third-order valence-corrected chi connectivity index (χ3v) is 6.82. The maximum Gasteiger partial charge on any atom is 0.259 e. The van der Waals surface area contributed by atoms with Gasteiger partial charge in [-0.1, -0.05) is 66.7 Å². The SMILES string of the molecule is O=C1CC(c2ccccc2)C=C2Nc3ccccc3N(C(=O)c3ccccc3)C(c3ccco3)C12.